The summed E-state index contributed by atoms with van der Waals surface area (Å²) in [4.78, 5) is 28.0. The van der Waals surface area contributed by atoms with Gasteiger partial charge in [0.05, 0.1) is 12.0 Å². The fourth-order valence-corrected chi connectivity index (χ4v) is 4.22. The van der Waals surface area contributed by atoms with E-state index >= 15 is 0 Å². The van der Waals surface area contributed by atoms with Crippen LogP contribution < -0.4 is 10.2 Å². The number of aromatic amines is 1. The highest BCUT2D eigenvalue weighted by Crippen LogP contribution is 2.34. The zero-order valence-corrected chi connectivity index (χ0v) is 14.8. The van der Waals surface area contributed by atoms with Crippen molar-refractivity contribution >= 4 is 40.3 Å². The van der Waals surface area contributed by atoms with Crippen LogP contribution in [0.2, 0.25) is 0 Å². The van der Waals surface area contributed by atoms with Crippen LogP contribution in [0.25, 0.3) is 11.0 Å². The summed E-state index contributed by atoms with van der Waals surface area (Å²) >= 11 is 5.44. The van der Waals surface area contributed by atoms with Gasteiger partial charge in [0.1, 0.15) is 17.8 Å². The lowest BCUT2D eigenvalue weighted by atomic mass is 10.2. The summed E-state index contributed by atoms with van der Waals surface area (Å²) in [6.45, 7) is 3.74. The predicted octanol–water partition coefficient (Wildman–Crippen LogP) is 1.64. The number of aromatic nitrogens is 3. The van der Waals surface area contributed by atoms with Crippen molar-refractivity contribution in [3.8, 4) is 0 Å². The molecule has 4 rings (SSSR count). The van der Waals surface area contributed by atoms with Gasteiger partial charge in [-0.25, -0.2) is 14.8 Å². The maximum absolute atomic E-state index is 11.7. The number of carbonyl (C=O) groups excluding carboxylic acids is 1. The maximum atomic E-state index is 11.7. The summed E-state index contributed by atoms with van der Waals surface area (Å²) < 4.78 is 4.93. The summed E-state index contributed by atoms with van der Waals surface area (Å²) in [6, 6.07) is 2.53. The number of anilines is 1. The third-order valence-corrected chi connectivity index (χ3v) is 5.15. The highest BCUT2D eigenvalue weighted by molar-refractivity contribution is 7.80. The van der Waals surface area contributed by atoms with Crippen molar-refractivity contribution in [1.29, 1.82) is 0 Å². The average Bonchev–Trinajstić information content (AvgIpc) is 3.17. The maximum Gasteiger partial charge on any atom is 0.413 e. The minimum absolute atomic E-state index is 0.261. The highest BCUT2D eigenvalue weighted by Gasteiger charge is 2.42. The van der Waals surface area contributed by atoms with Crippen LogP contribution in [-0.2, 0) is 4.74 Å². The molecule has 2 bridgehead atoms. The second kappa shape index (κ2) is 6.47. The number of thiocarbonyl (C=S) groups is 1. The van der Waals surface area contributed by atoms with Gasteiger partial charge < -0.3 is 19.5 Å². The zero-order valence-electron chi connectivity index (χ0n) is 13.9. The first-order chi connectivity index (χ1) is 12.2. The molecule has 9 heteroatoms. The first-order valence-electron chi connectivity index (χ1n) is 8.46. The van der Waals surface area contributed by atoms with Gasteiger partial charge in [0, 0.05) is 31.4 Å². The van der Waals surface area contributed by atoms with E-state index in [4.69, 9.17) is 17.0 Å². The molecule has 4 heterocycles. The van der Waals surface area contributed by atoms with Crippen molar-refractivity contribution in [3.63, 3.8) is 0 Å². The standard InChI is InChI=1S/C16H20N6O2S/c1-2-24-16(23)20-15(25)22-10-3-4-11(22)8-21(7-10)14-12-5-6-17-13(12)18-9-19-14/h5-6,9-11H,2-4,7-8H2,1H3,(H,17,18,19)(H,20,23,25)/t10-,11+. The minimum Gasteiger partial charge on any atom is -0.450 e. The van der Waals surface area contributed by atoms with E-state index in [1.807, 2.05) is 12.3 Å². The number of nitrogens with zero attached hydrogens (tertiary/aromatic N) is 4. The van der Waals surface area contributed by atoms with E-state index in [9.17, 15) is 4.79 Å². The molecule has 2 aliphatic rings. The van der Waals surface area contributed by atoms with Crippen molar-refractivity contribution < 1.29 is 9.53 Å². The highest BCUT2D eigenvalue weighted by atomic mass is 32.1. The number of fused-ring (bicyclic) bond motifs is 3. The number of nitrogens with one attached hydrogen (secondary N) is 2. The molecule has 2 N–H and O–H groups in total. The Balaban J connectivity index is 1.51. The van der Waals surface area contributed by atoms with Gasteiger partial charge >= 0.3 is 6.09 Å². The number of rotatable bonds is 2. The largest absolute Gasteiger partial charge is 0.450 e. The molecule has 2 atom stereocenters. The molecule has 132 valence electrons. The molecule has 2 saturated heterocycles. The molecule has 2 aliphatic heterocycles. The molecule has 2 aromatic rings. The zero-order chi connectivity index (χ0) is 17.4. The molecule has 0 aromatic carbocycles. The molecule has 2 aromatic heterocycles. The van der Waals surface area contributed by atoms with Crippen LogP contribution in [0.5, 0.6) is 0 Å². The predicted molar refractivity (Wildman–Crippen MR) is 97.5 cm³/mol. The molecule has 8 nitrogen and oxygen atoms in total. The van der Waals surface area contributed by atoms with Gasteiger partial charge in [-0.3, -0.25) is 5.32 Å². The Morgan fingerprint density at radius 3 is 2.88 bits per heavy atom. The van der Waals surface area contributed by atoms with Crippen molar-refractivity contribution in [1.82, 2.24) is 25.2 Å². The van der Waals surface area contributed by atoms with Gasteiger partial charge in [0.2, 0.25) is 0 Å². The van der Waals surface area contributed by atoms with Gasteiger partial charge in [0.25, 0.3) is 0 Å². The number of hydrogen-bond donors (Lipinski definition) is 2. The van der Waals surface area contributed by atoms with Crippen LogP contribution in [0.1, 0.15) is 19.8 Å². The van der Waals surface area contributed by atoms with E-state index < -0.39 is 6.09 Å². The fraction of sp³-hybridized carbons (Fsp3) is 0.500. The number of H-pyrrole nitrogens is 1. The van der Waals surface area contributed by atoms with Crippen molar-refractivity contribution in [2.45, 2.75) is 31.8 Å². The monoisotopic (exact) mass is 360 g/mol. The molecule has 25 heavy (non-hydrogen) atoms. The first-order valence-corrected chi connectivity index (χ1v) is 8.87. The summed E-state index contributed by atoms with van der Waals surface area (Å²) in [5, 5.41) is 4.17. The third-order valence-electron chi connectivity index (χ3n) is 4.83. The lowest BCUT2D eigenvalue weighted by Crippen LogP contribution is -2.59. The van der Waals surface area contributed by atoms with Crippen LogP contribution in [0.15, 0.2) is 18.6 Å². The van der Waals surface area contributed by atoms with E-state index in [1.165, 1.54) is 0 Å². The van der Waals surface area contributed by atoms with Crippen LogP contribution >= 0.6 is 12.2 Å². The quantitative estimate of drug-likeness (QED) is 0.788. The normalized spacial score (nSPS) is 22.3. The Labute approximate surface area is 150 Å². The minimum atomic E-state index is -0.487. The van der Waals surface area contributed by atoms with Crippen molar-refractivity contribution in [2.24, 2.45) is 0 Å². The van der Waals surface area contributed by atoms with Crippen molar-refractivity contribution in [2.75, 3.05) is 24.6 Å². The molecule has 0 unspecified atom stereocenters. The van der Waals surface area contributed by atoms with Crippen LogP contribution in [0, 0.1) is 0 Å². The third kappa shape index (κ3) is 2.88. The second-order valence-electron chi connectivity index (χ2n) is 6.29. The van der Waals surface area contributed by atoms with E-state index in [0.717, 1.165) is 42.8 Å². The van der Waals surface area contributed by atoms with Gasteiger partial charge in [-0.05, 0) is 38.0 Å². The van der Waals surface area contributed by atoms with Crippen LogP contribution in [0.4, 0.5) is 10.6 Å². The molecule has 2 fully saturated rings. The van der Waals surface area contributed by atoms with E-state index in [0.29, 0.717) is 11.7 Å². The van der Waals surface area contributed by atoms with E-state index in [2.05, 4.69) is 30.1 Å². The average molecular weight is 360 g/mol. The molecule has 1 amide bonds. The number of amides is 1. The number of carbonyl (C=O) groups is 1. The van der Waals surface area contributed by atoms with Gasteiger partial charge in [0.15, 0.2) is 5.11 Å². The summed E-state index contributed by atoms with van der Waals surface area (Å²) in [5.41, 5.74) is 0.847. The molecular formula is C16H20N6O2S. The van der Waals surface area contributed by atoms with Gasteiger partial charge in [-0.15, -0.1) is 0 Å². The van der Waals surface area contributed by atoms with E-state index in [-0.39, 0.29) is 12.1 Å². The molecule has 0 radical (unpaired) electrons. The van der Waals surface area contributed by atoms with Crippen LogP contribution in [0.3, 0.4) is 0 Å². The van der Waals surface area contributed by atoms with E-state index in [1.54, 1.807) is 13.3 Å². The van der Waals surface area contributed by atoms with Gasteiger partial charge in [-0.1, -0.05) is 0 Å². The number of alkyl carbamates (subject to hydrolysis) is 1. The Morgan fingerprint density at radius 1 is 1.40 bits per heavy atom. The second-order valence-corrected chi connectivity index (χ2v) is 6.67. The van der Waals surface area contributed by atoms with Crippen molar-refractivity contribution in [3.05, 3.63) is 18.6 Å². The number of ether oxygens (including phenoxy) is 1. The number of piperazine rings is 1. The Morgan fingerprint density at radius 2 is 2.16 bits per heavy atom. The Bertz CT molecular complexity index is 795. The Kier molecular flexibility index (Phi) is 4.16. The summed E-state index contributed by atoms with van der Waals surface area (Å²) in [5.74, 6) is 0.951. The summed E-state index contributed by atoms with van der Waals surface area (Å²) in [7, 11) is 0. The topological polar surface area (TPSA) is 86.4 Å². The molecular weight excluding hydrogens is 340 g/mol. The first kappa shape index (κ1) is 16.1. The SMILES string of the molecule is CCOC(=O)NC(=S)N1[C@@H]2CC[C@H]1CN(c1ncnc3[nH]ccc13)C2. The fourth-order valence-electron chi connectivity index (χ4n) is 3.84. The molecule has 0 aliphatic carbocycles. The summed E-state index contributed by atoms with van der Waals surface area (Å²) in [6.07, 6.45) is 5.08. The molecule has 0 saturated carbocycles. The number of hydrogen-bond acceptors (Lipinski definition) is 6. The Hall–Kier alpha value is -2.42. The lowest BCUT2D eigenvalue weighted by Gasteiger charge is -2.42. The van der Waals surface area contributed by atoms with Gasteiger partial charge in [-0.2, -0.15) is 0 Å². The molecule has 0 spiro atoms. The lowest BCUT2D eigenvalue weighted by molar-refractivity contribution is 0.155. The van der Waals surface area contributed by atoms with Crippen LogP contribution in [-0.4, -0.2) is 62.8 Å². The smallest absolute Gasteiger partial charge is 0.413 e.